The van der Waals surface area contributed by atoms with E-state index in [1.165, 1.54) is 5.56 Å². The van der Waals surface area contributed by atoms with Crippen LogP contribution in [0, 0.1) is 5.92 Å². The van der Waals surface area contributed by atoms with Crippen molar-refractivity contribution in [2.75, 3.05) is 13.2 Å². The van der Waals surface area contributed by atoms with Crippen molar-refractivity contribution in [3.05, 3.63) is 35.9 Å². The summed E-state index contributed by atoms with van der Waals surface area (Å²) in [5.41, 5.74) is 1.24. The van der Waals surface area contributed by atoms with Crippen LogP contribution in [0.1, 0.15) is 44.1 Å². The molecule has 3 heteroatoms. The lowest BCUT2D eigenvalue weighted by Gasteiger charge is -2.27. The van der Waals surface area contributed by atoms with Gasteiger partial charge in [0.25, 0.3) is 0 Å². The van der Waals surface area contributed by atoms with E-state index in [0.29, 0.717) is 38.4 Å². The Balaban J connectivity index is 1.98. The Morgan fingerprint density at radius 3 is 2.75 bits per heavy atom. The van der Waals surface area contributed by atoms with E-state index < -0.39 is 5.92 Å². The molecule has 1 aliphatic rings. The molecular formula is C17H22O3. The van der Waals surface area contributed by atoms with E-state index in [1.807, 2.05) is 25.1 Å². The van der Waals surface area contributed by atoms with Gasteiger partial charge in [0.15, 0.2) is 0 Å². The van der Waals surface area contributed by atoms with Crippen molar-refractivity contribution >= 4 is 11.6 Å². The molecule has 1 aromatic rings. The van der Waals surface area contributed by atoms with Crippen molar-refractivity contribution in [1.29, 1.82) is 0 Å². The molecule has 0 N–H and O–H groups in total. The van der Waals surface area contributed by atoms with Crippen LogP contribution in [0.3, 0.4) is 0 Å². The molecule has 0 radical (unpaired) electrons. The quantitative estimate of drug-likeness (QED) is 0.591. The van der Waals surface area contributed by atoms with Crippen LogP contribution in [-0.2, 0) is 14.3 Å². The molecule has 0 saturated heterocycles. The molecule has 1 saturated carbocycles. The van der Waals surface area contributed by atoms with Gasteiger partial charge in [-0.25, -0.2) is 0 Å². The number of Topliss-reactive ketones (excluding diaryl/α,β-unsaturated/α-hetero) is 2. The third kappa shape index (κ3) is 3.76. The highest BCUT2D eigenvalue weighted by Gasteiger charge is 2.33. The van der Waals surface area contributed by atoms with E-state index in [2.05, 4.69) is 12.1 Å². The number of carbonyl (C=O) groups is 2. The lowest BCUT2D eigenvalue weighted by atomic mass is 9.75. The Morgan fingerprint density at radius 2 is 2.05 bits per heavy atom. The summed E-state index contributed by atoms with van der Waals surface area (Å²) in [5, 5.41) is 0. The Labute approximate surface area is 120 Å². The Hall–Kier alpha value is -1.48. The molecule has 2 atom stereocenters. The van der Waals surface area contributed by atoms with Crippen LogP contribution in [0.5, 0.6) is 0 Å². The maximum absolute atomic E-state index is 12.2. The van der Waals surface area contributed by atoms with E-state index in [4.69, 9.17) is 4.74 Å². The number of hydrogen-bond donors (Lipinski definition) is 0. The molecular weight excluding hydrogens is 252 g/mol. The predicted octanol–water partition coefficient (Wildman–Crippen LogP) is 3.14. The molecule has 1 fully saturated rings. The fourth-order valence-electron chi connectivity index (χ4n) is 2.85. The molecule has 108 valence electrons. The molecule has 1 aliphatic carbocycles. The molecule has 0 aromatic heterocycles. The third-order valence-corrected chi connectivity index (χ3v) is 4.00. The summed E-state index contributed by atoms with van der Waals surface area (Å²) in [4.78, 5) is 24.1. The van der Waals surface area contributed by atoms with Gasteiger partial charge in [-0.3, -0.25) is 9.59 Å². The number of hydrogen-bond acceptors (Lipinski definition) is 3. The smallest absolute Gasteiger partial charge is 0.145 e. The fourth-order valence-corrected chi connectivity index (χ4v) is 2.85. The van der Waals surface area contributed by atoms with Crippen molar-refractivity contribution in [1.82, 2.24) is 0 Å². The molecule has 0 amide bonds. The number of ketones is 2. The van der Waals surface area contributed by atoms with Gasteiger partial charge in [0.2, 0.25) is 0 Å². The second kappa shape index (κ2) is 7.34. The largest absolute Gasteiger partial charge is 0.381 e. The van der Waals surface area contributed by atoms with Crippen molar-refractivity contribution in [3.63, 3.8) is 0 Å². The maximum atomic E-state index is 12.2. The average Bonchev–Trinajstić information content (AvgIpc) is 2.49. The average molecular weight is 274 g/mol. The highest BCUT2D eigenvalue weighted by molar-refractivity contribution is 6.03. The van der Waals surface area contributed by atoms with Gasteiger partial charge in [0, 0.05) is 19.4 Å². The van der Waals surface area contributed by atoms with Gasteiger partial charge >= 0.3 is 0 Å². The van der Waals surface area contributed by atoms with Gasteiger partial charge in [-0.05, 0) is 31.2 Å². The molecule has 20 heavy (non-hydrogen) atoms. The molecule has 2 unspecified atom stereocenters. The first-order valence-corrected chi connectivity index (χ1v) is 7.40. The van der Waals surface area contributed by atoms with Gasteiger partial charge in [-0.15, -0.1) is 0 Å². The summed E-state index contributed by atoms with van der Waals surface area (Å²) in [6, 6.07) is 10.2. The summed E-state index contributed by atoms with van der Waals surface area (Å²) < 4.78 is 5.21. The topological polar surface area (TPSA) is 43.4 Å². The van der Waals surface area contributed by atoms with Crippen LogP contribution in [-0.4, -0.2) is 24.8 Å². The normalized spacial score (nSPS) is 22.8. The summed E-state index contributed by atoms with van der Waals surface area (Å²) in [7, 11) is 0. The van der Waals surface area contributed by atoms with Crippen molar-refractivity contribution < 1.29 is 14.3 Å². The minimum absolute atomic E-state index is 0.0454. The molecule has 2 rings (SSSR count). The van der Waals surface area contributed by atoms with Crippen LogP contribution in [0.2, 0.25) is 0 Å². The summed E-state index contributed by atoms with van der Waals surface area (Å²) in [5.74, 6) is 0.0621. The van der Waals surface area contributed by atoms with Gasteiger partial charge < -0.3 is 4.74 Å². The van der Waals surface area contributed by atoms with Gasteiger partial charge in [-0.2, -0.15) is 0 Å². The molecule has 0 heterocycles. The van der Waals surface area contributed by atoms with Gasteiger partial charge in [-0.1, -0.05) is 30.3 Å². The molecule has 3 nitrogen and oxygen atoms in total. The third-order valence-electron chi connectivity index (χ3n) is 4.00. The summed E-state index contributed by atoms with van der Waals surface area (Å²) in [6.07, 6.45) is 2.39. The van der Waals surface area contributed by atoms with E-state index in [-0.39, 0.29) is 11.6 Å². The Bertz CT molecular complexity index is 453. The molecule has 0 bridgehead atoms. The molecule has 1 aromatic carbocycles. The highest BCUT2D eigenvalue weighted by atomic mass is 16.5. The number of carbonyl (C=O) groups excluding carboxylic acids is 2. The zero-order valence-corrected chi connectivity index (χ0v) is 12.0. The second-order valence-corrected chi connectivity index (χ2v) is 5.31. The maximum Gasteiger partial charge on any atom is 0.145 e. The summed E-state index contributed by atoms with van der Waals surface area (Å²) >= 11 is 0. The van der Waals surface area contributed by atoms with Crippen LogP contribution in [0.25, 0.3) is 0 Å². The first-order valence-electron chi connectivity index (χ1n) is 7.40. The van der Waals surface area contributed by atoms with E-state index in [0.717, 1.165) is 6.42 Å². The lowest BCUT2D eigenvalue weighted by molar-refractivity contribution is -0.135. The highest BCUT2D eigenvalue weighted by Crippen LogP contribution is 2.35. The van der Waals surface area contributed by atoms with Gasteiger partial charge in [0.05, 0.1) is 12.5 Å². The minimum Gasteiger partial charge on any atom is -0.381 e. The van der Waals surface area contributed by atoms with Crippen molar-refractivity contribution in [2.45, 2.75) is 38.5 Å². The van der Waals surface area contributed by atoms with E-state index in [1.54, 1.807) is 0 Å². The zero-order valence-electron chi connectivity index (χ0n) is 12.0. The van der Waals surface area contributed by atoms with E-state index in [9.17, 15) is 9.59 Å². The molecule has 0 aliphatic heterocycles. The van der Waals surface area contributed by atoms with Crippen LogP contribution < -0.4 is 0 Å². The predicted molar refractivity (Wildman–Crippen MR) is 77.6 cm³/mol. The monoisotopic (exact) mass is 274 g/mol. The first kappa shape index (κ1) is 14.9. The van der Waals surface area contributed by atoms with E-state index >= 15 is 0 Å². The van der Waals surface area contributed by atoms with Crippen molar-refractivity contribution in [2.24, 2.45) is 5.92 Å². The van der Waals surface area contributed by atoms with Gasteiger partial charge in [0.1, 0.15) is 11.6 Å². The number of rotatable bonds is 6. The van der Waals surface area contributed by atoms with Crippen LogP contribution >= 0.6 is 0 Å². The minimum atomic E-state index is -0.422. The van der Waals surface area contributed by atoms with Crippen molar-refractivity contribution in [3.8, 4) is 0 Å². The summed E-state index contributed by atoms with van der Waals surface area (Å²) in [6.45, 7) is 2.94. The lowest BCUT2D eigenvalue weighted by Crippen LogP contribution is -2.31. The second-order valence-electron chi connectivity index (χ2n) is 5.31. The molecule has 0 spiro atoms. The Kier molecular flexibility index (Phi) is 5.48. The Morgan fingerprint density at radius 1 is 1.30 bits per heavy atom. The number of ether oxygens (including phenoxy) is 1. The fraction of sp³-hybridized carbons (Fsp3) is 0.529. The SMILES string of the molecule is CCOCCC(=O)C1CC(c2ccccc2)CCC1=O. The first-order chi connectivity index (χ1) is 9.72. The van der Waals surface area contributed by atoms with Crippen LogP contribution in [0.4, 0.5) is 0 Å². The number of benzene rings is 1. The van der Waals surface area contributed by atoms with Crippen LogP contribution in [0.15, 0.2) is 30.3 Å². The zero-order chi connectivity index (χ0) is 14.4. The standard InChI is InChI=1S/C17H22O3/c1-2-20-11-10-17(19)15-12-14(8-9-16(15)18)13-6-4-3-5-7-13/h3-7,14-15H,2,8-12H2,1H3.